The van der Waals surface area contributed by atoms with E-state index in [9.17, 15) is 0 Å². The van der Waals surface area contributed by atoms with Crippen LogP contribution in [0.2, 0.25) is 5.02 Å². The van der Waals surface area contributed by atoms with Crippen molar-refractivity contribution >= 4 is 40.0 Å². The van der Waals surface area contributed by atoms with E-state index < -0.39 is 0 Å². The molecule has 0 fully saturated rings. The fourth-order valence-corrected chi connectivity index (χ4v) is 2.79. The molecule has 3 rings (SSSR count). The molecule has 142 valence electrons. The Morgan fingerprint density at radius 2 is 1.70 bits per heavy atom. The average Bonchev–Trinajstić information content (AvgIpc) is 2.68. The number of aliphatic hydroxyl groups is 1. The number of aliphatic hydroxyl groups excluding tert-OH is 1. The van der Waals surface area contributed by atoms with Gasteiger partial charge in [0.15, 0.2) is 0 Å². The topological polar surface area (TPSA) is 95.0 Å². The summed E-state index contributed by atoms with van der Waals surface area (Å²) in [5.41, 5.74) is 1.93. The molecule has 0 aliphatic carbocycles. The van der Waals surface area contributed by atoms with Gasteiger partial charge in [0.05, 0.1) is 5.52 Å². The van der Waals surface area contributed by atoms with Gasteiger partial charge in [0.25, 0.3) is 0 Å². The van der Waals surface area contributed by atoms with E-state index in [2.05, 4.69) is 30.9 Å². The Bertz CT molecular complexity index is 876. The van der Waals surface area contributed by atoms with Crippen LogP contribution in [0.3, 0.4) is 0 Å². The Labute approximate surface area is 163 Å². The van der Waals surface area contributed by atoms with E-state index in [0.29, 0.717) is 23.9 Å². The van der Waals surface area contributed by atoms with Gasteiger partial charge in [-0.2, -0.15) is 4.98 Å². The monoisotopic (exact) mass is 386 g/mol. The third-order valence-corrected chi connectivity index (χ3v) is 4.19. The SMILES string of the molecule is OCCCNc1nccc(NCCCNc2ccnc3cc(Cl)ccc23)n1. The van der Waals surface area contributed by atoms with Crippen LogP contribution in [-0.2, 0) is 0 Å². The van der Waals surface area contributed by atoms with Crippen LogP contribution in [-0.4, -0.2) is 46.3 Å². The molecule has 0 aliphatic heterocycles. The summed E-state index contributed by atoms with van der Waals surface area (Å²) in [4.78, 5) is 12.9. The summed E-state index contributed by atoms with van der Waals surface area (Å²) in [6.07, 6.45) is 5.09. The van der Waals surface area contributed by atoms with Crippen molar-refractivity contribution in [2.24, 2.45) is 0 Å². The van der Waals surface area contributed by atoms with E-state index in [0.717, 1.165) is 41.9 Å². The minimum Gasteiger partial charge on any atom is -0.396 e. The van der Waals surface area contributed by atoms with Crippen LogP contribution in [0.4, 0.5) is 17.5 Å². The number of halogens is 1. The number of pyridine rings is 1. The average molecular weight is 387 g/mol. The lowest BCUT2D eigenvalue weighted by Crippen LogP contribution is -2.12. The Balaban J connectivity index is 1.45. The lowest BCUT2D eigenvalue weighted by atomic mass is 10.2. The fraction of sp³-hybridized carbons (Fsp3) is 0.316. The number of hydrogen-bond donors (Lipinski definition) is 4. The van der Waals surface area contributed by atoms with Gasteiger partial charge in [-0.05, 0) is 43.2 Å². The zero-order valence-corrected chi connectivity index (χ0v) is 15.7. The maximum atomic E-state index is 8.81. The molecule has 0 amide bonds. The molecule has 3 aromatic rings. The van der Waals surface area contributed by atoms with Crippen LogP contribution in [0, 0.1) is 0 Å². The van der Waals surface area contributed by atoms with E-state index in [1.807, 2.05) is 30.3 Å². The molecule has 0 aliphatic rings. The Kier molecular flexibility index (Phi) is 7.01. The molecule has 0 saturated heterocycles. The summed E-state index contributed by atoms with van der Waals surface area (Å²) >= 11 is 6.03. The molecule has 4 N–H and O–H groups in total. The van der Waals surface area contributed by atoms with E-state index >= 15 is 0 Å². The fourth-order valence-electron chi connectivity index (χ4n) is 2.62. The molecule has 0 radical (unpaired) electrons. The predicted molar refractivity (Wildman–Crippen MR) is 111 cm³/mol. The molecule has 7 nitrogen and oxygen atoms in total. The maximum absolute atomic E-state index is 8.81. The van der Waals surface area contributed by atoms with Gasteiger partial charge in [-0.1, -0.05) is 11.6 Å². The van der Waals surface area contributed by atoms with Crippen molar-refractivity contribution in [3.8, 4) is 0 Å². The van der Waals surface area contributed by atoms with E-state index in [-0.39, 0.29) is 6.61 Å². The van der Waals surface area contributed by atoms with E-state index in [1.54, 1.807) is 12.4 Å². The van der Waals surface area contributed by atoms with Crippen molar-refractivity contribution in [3.05, 3.63) is 47.7 Å². The van der Waals surface area contributed by atoms with Crippen LogP contribution in [0.15, 0.2) is 42.7 Å². The molecule has 1 aromatic carbocycles. The lowest BCUT2D eigenvalue weighted by molar-refractivity contribution is 0.292. The first-order chi connectivity index (χ1) is 13.3. The summed E-state index contributed by atoms with van der Waals surface area (Å²) in [6, 6.07) is 9.53. The third kappa shape index (κ3) is 5.67. The molecule has 2 heterocycles. The maximum Gasteiger partial charge on any atom is 0.224 e. The zero-order chi connectivity index (χ0) is 18.9. The summed E-state index contributed by atoms with van der Waals surface area (Å²) in [6.45, 7) is 2.41. The Morgan fingerprint density at radius 1 is 0.889 bits per heavy atom. The van der Waals surface area contributed by atoms with Crippen molar-refractivity contribution < 1.29 is 5.11 Å². The number of anilines is 3. The lowest BCUT2D eigenvalue weighted by Gasteiger charge is -2.11. The molecule has 0 bridgehead atoms. The second-order valence-electron chi connectivity index (χ2n) is 6.00. The number of hydrogen-bond acceptors (Lipinski definition) is 7. The highest BCUT2D eigenvalue weighted by Crippen LogP contribution is 2.24. The van der Waals surface area contributed by atoms with Gasteiger partial charge in [-0.25, -0.2) is 4.98 Å². The first-order valence-corrected chi connectivity index (χ1v) is 9.34. The van der Waals surface area contributed by atoms with Crippen molar-refractivity contribution in [3.63, 3.8) is 0 Å². The van der Waals surface area contributed by atoms with Crippen LogP contribution in [0.1, 0.15) is 12.8 Å². The highest BCUT2D eigenvalue weighted by atomic mass is 35.5. The van der Waals surface area contributed by atoms with Crippen LogP contribution in [0.25, 0.3) is 10.9 Å². The normalized spacial score (nSPS) is 10.7. The molecular weight excluding hydrogens is 364 g/mol. The Morgan fingerprint density at radius 3 is 2.59 bits per heavy atom. The summed E-state index contributed by atoms with van der Waals surface area (Å²) in [5, 5.41) is 20.4. The second-order valence-corrected chi connectivity index (χ2v) is 6.43. The van der Waals surface area contributed by atoms with Gasteiger partial charge in [-0.15, -0.1) is 0 Å². The van der Waals surface area contributed by atoms with Crippen molar-refractivity contribution in [2.45, 2.75) is 12.8 Å². The zero-order valence-electron chi connectivity index (χ0n) is 15.0. The molecule has 0 unspecified atom stereocenters. The minimum atomic E-state index is 0.151. The number of nitrogens with zero attached hydrogens (tertiary/aromatic N) is 3. The number of nitrogens with one attached hydrogen (secondary N) is 3. The first kappa shape index (κ1) is 19.1. The van der Waals surface area contributed by atoms with Gasteiger partial charge in [0, 0.05) is 54.7 Å². The molecular formula is C19H23ClN6O. The van der Waals surface area contributed by atoms with Gasteiger partial charge in [0.2, 0.25) is 5.95 Å². The molecule has 2 aromatic heterocycles. The molecule has 0 atom stereocenters. The van der Waals surface area contributed by atoms with Crippen molar-refractivity contribution in [1.29, 1.82) is 0 Å². The minimum absolute atomic E-state index is 0.151. The second kappa shape index (κ2) is 9.89. The highest BCUT2D eigenvalue weighted by Gasteiger charge is 2.02. The van der Waals surface area contributed by atoms with Crippen LogP contribution in [0.5, 0.6) is 0 Å². The molecule has 0 saturated carbocycles. The van der Waals surface area contributed by atoms with Crippen LogP contribution >= 0.6 is 11.6 Å². The largest absolute Gasteiger partial charge is 0.396 e. The molecule has 8 heteroatoms. The molecule has 27 heavy (non-hydrogen) atoms. The smallest absolute Gasteiger partial charge is 0.224 e. The van der Waals surface area contributed by atoms with Crippen molar-refractivity contribution in [1.82, 2.24) is 15.0 Å². The van der Waals surface area contributed by atoms with Crippen molar-refractivity contribution in [2.75, 3.05) is 42.2 Å². The standard InChI is InChI=1S/C19H23ClN6O/c20-14-3-4-15-16(5-10-22-17(15)13-14)21-7-1-8-23-18-6-11-25-19(26-18)24-9-2-12-27/h3-6,10-11,13,27H,1-2,7-9,12H2,(H,21,22)(H2,23,24,25,26). The predicted octanol–water partition coefficient (Wildman–Crippen LogP) is 3.39. The third-order valence-electron chi connectivity index (χ3n) is 3.95. The van der Waals surface area contributed by atoms with Crippen LogP contribution < -0.4 is 16.0 Å². The van der Waals surface area contributed by atoms with E-state index in [1.165, 1.54) is 0 Å². The van der Waals surface area contributed by atoms with Gasteiger partial charge >= 0.3 is 0 Å². The van der Waals surface area contributed by atoms with Gasteiger partial charge in [-0.3, -0.25) is 4.98 Å². The highest BCUT2D eigenvalue weighted by molar-refractivity contribution is 6.31. The quantitative estimate of drug-likeness (QED) is 0.397. The van der Waals surface area contributed by atoms with E-state index in [4.69, 9.17) is 16.7 Å². The number of rotatable bonds is 10. The van der Waals surface area contributed by atoms with Gasteiger partial charge in [0.1, 0.15) is 5.82 Å². The number of fused-ring (bicyclic) bond motifs is 1. The summed E-state index contributed by atoms with van der Waals surface area (Å²) < 4.78 is 0. The molecule has 0 spiro atoms. The number of aromatic nitrogens is 3. The summed E-state index contributed by atoms with van der Waals surface area (Å²) in [7, 11) is 0. The number of benzene rings is 1. The Hall–Kier alpha value is -2.64. The summed E-state index contributed by atoms with van der Waals surface area (Å²) in [5.74, 6) is 1.34. The van der Waals surface area contributed by atoms with Gasteiger partial charge < -0.3 is 21.1 Å². The first-order valence-electron chi connectivity index (χ1n) is 8.96.